The summed E-state index contributed by atoms with van der Waals surface area (Å²) in [4.78, 5) is 20.1. The molecular weight excluding hydrogens is 352 g/mol. The minimum absolute atomic E-state index is 0.329. The topological polar surface area (TPSA) is 46.2 Å². The molecule has 0 saturated carbocycles. The average molecular weight is 359 g/mol. The van der Waals surface area contributed by atoms with Gasteiger partial charge in [0, 0.05) is 17.7 Å². The summed E-state index contributed by atoms with van der Waals surface area (Å²) >= 11 is 0. The lowest BCUT2D eigenvalue weighted by atomic mass is 10.0. The van der Waals surface area contributed by atoms with Crippen molar-refractivity contribution in [2.75, 3.05) is 0 Å². The van der Waals surface area contributed by atoms with Gasteiger partial charge in [-0.05, 0) is 6.07 Å². The molecule has 0 fully saturated rings. The Morgan fingerprint density at radius 3 is 1.48 bits per heavy atom. The lowest BCUT2D eigenvalue weighted by Crippen LogP contribution is -2.19. The third-order valence-corrected chi connectivity index (χ3v) is 2.99. The number of amides is 2. The fourth-order valence-electron chi connectivity index (χ4n) is 1.86. The van der Waals surface area contributed by atoms with Crippen molar-refractivity contribution in [3.05, 3.63) is 71.3 Å². The maximum Gasteiger partial charge on any atom is 0.250 e. The molecule has 3 rings (SSSR count). The van der Waals surface area contributed by atoms with Crippen molar-refractivity contribution in [1.29, 1.82) is 0 Å². The second kappa shape index (κ2) is 7.20. The van der Waals surface area contributed by atoms with Crippen LogP contribution >= 0.6 is 0 Å². The Morgan fingerprint density at radius 2 is 1.08 bits per heavy atom. The van der Waals surface area contributed by atoms with Crippen LogP contribution in [0.15, 0.2) is 36.4 Å². The summed E-state index contributed by atoms with van der Waals surface area (Å²) in [5.74, 6) is -12.3. The molecule has 1 N–H and O–H groups in total. The first-order valence-electron chi connectivity index (χ1n) is 6.53. The van der Waals surface area contributed by atoms with Crippen LogP contribution in [0.25, 0.3) is 11.1 Å². The van der Waals surface area contributed by atoms with E-state index in [-0.39, 0.29) is 11.8 Å². The SMILES string of the molecule is Fc1ccccc1-c1c(F)c(F)c(F)c(F)c1F.O=C1C=CC(=O)N1. The molecular formula is C16H7F6NO2. The molecule has 1 aliphatic rings. The Bertz CT molecular complexity index is 849. The highest BCUT2D eigenvalue weighted by atomic mass is 19.2. The van der Waals surface area contributed by atoms with Gasteiger partial charge in [0.15, 0.2) is 23.3 Å². The van der Waals surface area contributed by atoms with Crippen LogP contribution in [0.2, 0.25) is 0 Å². The largest absolute Gasteiger partial charge is 0.289 e. The van der Waals surface area contributed by atoms with Gasteiger partial charge in [0.05, 0.1) is 5.56 Å². The molecule has 0 atom stereocenters. The van der Waals surface area contributed by atoms with Gasteiger partial charge in [0.1, 0.15) is 5.82 Å². The third kappa shape index (κ3) is 3.70. The normalized spacial score (nSPS) is 12.7. The zero-order chi connectivity index (χ0) is 18.7. The van der Waals surface area contributed by atoms with Gasteiger partial charge in [-0.15, -0.1) is 0 Å². The summed E-state index contributed by atoms with van der Waals surface area (Å²) in [7, 11) is 0. The number of nitrogens with one attached hydrogen (secondary N) is 1. The summed E-state index contributed by atoms with van der Waals surface area (Å²) < 4.78 is 78.8. The highest BCUT2D eigenvalue weighted by Gasteiger charge is 2.27. The smallest absolute Gasteiger partial charge is 0.250 e. The van der Waals surface area contributed by atoms with Crippen molar-refractivity contribution >= 4 is 11.8 Å². The summed E-state index contributed by atoms with van der Waals surface area (Å²) in [6.45, 7) is 0. The summed E-state index contributed by atoms with van der Waals surface area (Å²) in [6, 6.07) is 4.22. The number of halogens is 6. The predicted octanol–water partition coefficient (Wildman–Crippen LogP) is 3.39. The average Bonchev–Trinajstić information content (AvgIpc) is 2.96. The van der Waals surface area contributed by atoms with Crippen LogP contribution in [0, 0.1) is 34.9 Å². The molecule has 0 spiro atoms. The molecule has 0 aliphatic carbocycles. The van der Waals surface area contributed by atoms with Crippen LogP contribution < -0.4 is 5.32 Å². The van der Waals surface area contributed by atoms with Crippen molar-refractivity contribution in [1.82, 2.24) is 5.32 Å². The van der Waals surface area contributed by atoms with E-state index in [4.69, 9.17) is 0 Å². The molecule has 0 bridgehead atoms. The Labute approximate surface area is 136 Å². The van der Waals surface area contributed by atoms with Gasteiger partial charge in [-0.3, -0.25) is 14.9 Å². The maximum absolute atomic E-state index is 13.4. The van der Waals surface area contributed by atoms with Crippen molar-refractivity contribution in [3.63, 3.8) is 0 Å². The molecule has 0 radical (unpaired) electrons. The van der Waals surface area contributed by atoms with E-state index < -0.39 is 46.0 Å². The van der Waals surface area contributed by atoms with E-state index >= 15 is 0 Å². The number of rotatable bonds is 1. The monoisotopic (exact) mass is 359 g/mol. The first-order valence-corrected chi connectivity index (χ1v) is 6.53. The zero-order valence-electron chi connectivity index (χ0n) is 12.0. The van der Waals surface area contributed by atoms with Crippen molar-refractivity contribution in [2.24, 2.45) is 0 Å². The molecule has 2 aromatic carbocycles. The van der Waals surface area contributed by atoms with Crippen molar-refractivity contribution < 1.29 is 35.9 Å². The number of hydrogen-bond donors (Lipinski definition) is 1. The Morgan fingerprint density at radius 1 is 0.640 bits per heavy atom. The minimum Gasteiger partial charge on any atom is -0.289 e. The molecule has 0 aromatic heterocycles. The molecule has 25 heavy (non-hydrogen) atoms. The Kier molecular flexibility index (Phi) is 5.26. The number of benzene rings is 2. The van der Waals surface area contributed by atoms with Gasteiger partial charge in [-0.2, -0.15) is 0 Å². The molecule has 9 heteroatoms. The number of hydrogen-bond acceptors (Lipinski definition) is 2. The first kappa shape index (κ1) is 18.2. The van der Waals surface area contributed by atoms with Gasteiger partial charge < -0.3 is 0 Å². The van der Waals surface area contributed by atoms with Gasteiger partial charge >= 0.3 is 0 Å². The van der Waals surface area contributed by atoms with E-state index in [0.717, 1.165) is 12.1 Å². The van der Waals surface area contributed by atoms with Crippen LogP contribution in [0.5, 0.6) is 0 Å². The number of imide groups is 1. The highest BCUT2D eigenvalue weighted by Crippen LogP contribution is 2.32. The quantitative estimate of drug-likeness (QED) is 0.367. The standard InChI is InChI=1S/C12H4F6.C4H3NO2/c13-6-4-2-1-3-5(6)7-8(14)10(16)12(18)11(17)9(7)15;6-3-1-2-4(7)5-3/h1-4H;1-2H,(H,5,6,7). The lowest BCUT2D eigenvalue weighted by molar-refractivity contribution is -0.123. The highest BCUT2D eigenvalue weighted by molar-refractivity contribution is 6.12. The minimum atomic E-state index is -2.27. The molecule has 1 aliphatic heterocycles. The Hall–Kier alpha value is -3.10. The second-order valence-electron chi connectivity index (χ2n) is 4.61. The maximum atomic E-state index is 13.4. The molecule has 1 heterocycles. The van der Waals surface area contributed by atoms with E-state index in [9.17, 15) is 35.9 Å². The van der Waals surface area contributed by atoms with E-state index in [1.165, 1.54) is 24.3 Å². The summed E-state index contributed by atoms with van der Waals surface area (Å²) in [6.07, 6.45) is 2.39. The molecule has 0 unspecified atom stereocenters. The van der Waals surface area contributed by atoms with Crippen LogP contribution in [-0.4, -0.2) is 11.8 Å². The second-order valence-corrected chi connectivity index (χ2v) is 4.61. The zero-order valence-corrected chi connectivity index (χ0v) is 12.0. The van der Waals surface area contributed by atoms with E-state index in [2.05, 4.69) is 0 Å². The van der Waals surface area contributed by atoms with Gasteiger partial charge in [0.25, 0.3) is 11.8 Å². The van der Waals surface area contributed by atoms with Gasteiger partial charge in [-0.25, -0.2) is 26.3 Å². The summed E-state index contributed by atoms with van der Waals surface area (Å²) in [5.41, 5.74) is -1.96. The first-order chi connectivity index (χ1) is 11.7. The van der Waals surface area contributed by atoms with Crippen molar-refractivity contribution in [3.8, 4) is 11.1 Å². The number of carbonyl (C=O) groups is 2. The molecule has 3 nitrogen and oxygen atoms in total. The van der Waals surface area contributed by atoms with Gasteiger partial charge in [0.2, 0.25) is 5.82 Å². The fourth-order valence-corrected chi connectivity index (χ4v) is 1.86. The lowest BCUT2D eigenvalue weighted by Gasteiger charge is -2.08. The molecule has 0 saturated heterocycles. The molecule has 130 valence electrons. The predicted molar refractivity (Wildman–Crippen MR) is 73.9 cm³/mol. The number of carbonyl (C=O) groups excluding carboxylic acids is 2. The third-order valence-electron chi connectivity index (χ3n) is 2.99. The van der Waals surface area contributed by atoms with E-state index in [1.807, 2.05) is 5.32 Å². The van der Waals surface area contributed by atoms with Crippen LogP contribution in [0.4, 0.5) is 26.3 Å². The van der Waals surface area contributed by atoms with Crippen molar-refractivity contribution in [2.45, 2.75) is 0 Å². The van der Waals surface area contributed by atoms with Crippen LogP contribution in [0.3, 0.4) is 0 Å². The van der Waals surface area contributed by atoms with Crippen LogP contribution in [0.1, 0.15) is 0 Å². The summed E-state index contributed by atoms with van der Waals surface area (Å²) in [5, 5.41) is 2.03. The van der Waals surface area contributed by atoms with Gasteiger partial charge in [-0.1, -0.05) is 18.2 Å². The molecule has 2 aromatic rings. The fraction of sp³-hybridized carbons (Fsp3) is 0. The van der Waals surface area contributed by atoms with Crippen LogP contribution in [-0.2, 0) is 9.59 Å². The molecule has 2 amide bonds. The van der Waals surface area contributed by atoms with E-state index in [0.29, 0.717) is 0 Å². The van der Waals surface area contributed by atoms with E-state index in [1.54, 1.807) is 0 Å². The Balaban J connectivity index is 0.000000269.